The van der Waals surface area contributed by atoms with E-state index in [1.54, 1.807) is 0 Å². The van der Waals surface area contributed by atoms with Crippen molar-refractivity contribution in [3.63, 3.8) is 0 Å². The van der Waals surface area contributed by atoms with Gasteiger partial charge in [-0.1, -0.05) is 43.0 Å². The molecule has 0 amide bonds. The molecule has 2 aliphatic rings. The maximum absolute atomic E-state index is 11.2. The van der Waals surface area contributed by atoms with Crippen LogP contribution in [-0.2, 0) is 27.5 Å². The molecule has 1 unspecified atom stereocenters. The van der Waals surface area contributed by atoms with Crippen LogP contribution in [-0.4, -0.2) is 45.6 Å². The number of hydrazine groups is 1. The molecule has 0 aromatic heterocycles. The van der Waals surface area contributed by atoms with Gasteiger partial charge in [-0.3, -0.25) is 19.6 Å². The van der Waals surface area contributed by atoms with Crippen LogP contribution in [0.3, 0.4) is 0 Å². The lowest BCUT2D eigenvalue weighted by atomic mass is 9.93. The van der Waals surface area contributed by atoms with Gasteiger partial charge in [0.2, 0.25) is 0 Å². The molecule has 1 aliphatic heterocycles. The first-order valence-corrected chi connectivity index (χ1v) is 10.3. The van der Waals surface area contributed by atoms with Gasteiger partial charge in [0.1, 0.15) is 18.2 Å². The molecule has 0 saturated heterocycles. The Hall–Kier alpha value is -3.73. The molecule has 0 saturated carbocycles. The number of hydrogen-bond donors (Lipinski definition) is 5. The van der Waals surface area contributed by atoms with E-state index < -0.39 is 18.0 Å². The number of nitrogens with one attached hydrogen (secondary N) is 1. The molecule has 10 nitrogen and oxygen atoms in total. The number of nitrogens with zero attached hydrogens (tertiary/aromatic N) is 2. The highest BCUT2D eigenvalue weighted by Gasteiger charge is 2.22. The van der Waals surface area contributed by atoms with Gasteiger partial charge in [0, 0.05) is 17.6 Å². The second kappa shape index (κ2) is 10.7. The van der Waals surface area contributed by atoms with Crippen molar-refractivity contribution >= 4 is 18.3 Å². The Balaban J connectivity index is 1.49. The summed E-state index contributed by atoms with van der Waals surface area (Å²) in [4.78, 5) is 31.7. The Labute approximate surface area is 191 Å². The van der Waals surface area contributed by atoms with E-state index in [9.17, 15) is 14.7 Å². The summed E-state index contributed by atoms with van der Waals surface area (Å²) in [5.41, 5.74) is 12.2. The van der Waals surface area contributed by atoms with Gasteiger partial charge in [-0.15, -0.1) is 0 Å². The van der Waals surface area contributed by atoms with Gasteiger partial charge < -0.3 is 15.9 Å². The molecular formula is C23H27N5O5. The van der Waals surface area contributed by atoms with E-state index in [1.807, 2.05) is 36.4 Å². The van der Waals surface area contributed by atoms with Crippen LogP contribution in [0.25, 0.3) is 0 Å². The zero-order chi connectivity index (χ0) is 24.0. The first-order chi connectivity index (χ1) is 15.7. The minimum Gasteiger partial charge on any atom is -0.480 e. The van der Waals surface area contributed by atoms with Gasteiger partial charge in [-0.25, -0.2) is 10.6 Å². The lowest BCUT2D eigenvalue weighted by Gasteiger charge is -2.26. The highest BCUT2D eigenvalue weighted by molar-refractivity contribution is 5.87. The number of hydrogen-bond acceptors (Lipinski definition) is 8. The van der Waals surface area contributed by atoms with Crippen molar-refractivity contribution in [3.8, 4) is 0 Å². The average Bonchev–Trinajstić information content (AvgIpc) is 2.80. The van der Waals surface area contributed by atoms with Crippen molar-refractivity contribution in [3.05, 3.63) is 82.7 Å². The van der Waals surface area contributed by atoms with Crippen LogP contribution in [0.15, 0.2) is 76.6 Å². The number of rotatable bonds is 11. The number of nitrogens with two attached hydrogens (primary N) is 2. The Morgan fingerprint density at radius 3 is 2.58 bits per heavy atom. The first kappa shape index (κ1) is 23.9. The molecule has 1 aromatic rings. The van der Waals surface area contributed by atoms with Crippen molar-refractivity contribution in [2.24, 2.45) is 16.6 Å². The van der Waals surface area contributed by atoms with E-state index in [2.05, 4.69) is 23.1 Å². The number of hydroxylamine groups is 1. The summed E-state index contributed by atoms with van der Waals surface area (Å²) in [6.07, 6.45) is 8.97. The van der Waals surface area contributed by atoms with Gasteiger partial charge in [-0.05, 0) is 35.6 Å². The van der Waals surface area contributed by atoms with Crippen molar-refractivity contribution < 1.29 is 24.6 Å². The van der Waals surface area contributed by atoms with Crippen LogP contribution in [0.2, 0.25) is 0 Å². The fraction of sp³-hybridized carbons (Fsp3) is 0.261. The molecule has 10 heteroatoms. The molecule has 0 fully saturated rings. The van der Waals surface area contributed by atoms with Crippen LogP contribution >= 0.6 is 0 Å². The highest BCUT2D eigenvalue weighted by atomic mass is 16.6. The van der Waals surface area contributed by atoms with Crippen molar-refractivity contribution in [2.75, 3.05) is 0 Å². The molecule has 0 spiro atoms. The molecular weight excluding hydrogens is 426 g/mol. The average molecular weight is 453 g/mol. The molecule has 0 radical (unpaired) electrons. The maximum atomic E-state index is 11.2. The molecule has 7 N–H and O–H groups in total. The highest BCUT2D eigenvalue weighted by Crippen LogP contribution is 2.26. The maximum Gasteiger partial charge on any atom is 0.331 e. The number of aliphatic imine (C=N–C) groups is 1. The summed E-state index contributed by atoms with van der Waals surface area (Å²) in [6, 6.07) is 6.46. The van der Waals surface area contributed by atoms with E-state index >= 15 is 0 Å². The van der Waals surface area contributed by atoms with Gasteiger partial charge in [0.15, 0.2) is 0 Å². The molecule has 33 heavy (non-hydrogen) atoms. The Bertz CT molecular complexity index is 1040. The lowest BCUT2D eigenvalue weighted by Crippen LogP contribution is -2.39. The number of benzene rings is 1. The third-order valence-electron chi connectivity index (χ3n) is 5.32. The second-order valence-corrected chi connectivity index (χ2v) is 7.76. The fourth-order valence-electron chi connectivity index (χ4n) is 3.35. The Kier molecular flexibility index (Phi) is 7.78. The Morgan fingerprint density at radius 2 is 1.91 bits per heavy atom. The molecule has 1 aliphatic carbocycles. The van der Waals surface area contributed by atoms with Crippen LogP contribution in [0.5, 0.6) is 0 Å². The smallest absolute Gasteiger partial charge is 0.331 e. The fourth-order valence-corrected chi connectivity index (χ4v) is 3.35. The SMILES string of the molecule is C=C(C[C@H](NOCc1ccc(CCC2=CC3=C(N)N(N)C=NC3C=C2)cc1)C(=O)O)C(=O)O. The Morgan fingerprint density at radius 1 is 1.21 bits per heavy atom. The summed E-state index contributed by atoms with van der Waals surface area (Å²) in [7, 11) is 0. The third kappa shape index (κ3) is 6.39. The van der Waals surface area contributed by atoms with Gasteiger partial charge in [0.25, 0.3) is 0 Å². The van der Waals surface area contributed by atoms with E-state index in [0.717, 1.165) is 35.1 Å². The summed E-state index contributed by atoms with van der Waals surface area (Å²) >= 11 is 0. The predicted molar refractivity (Wildman–Crippen MR) is 122 cm³/mol. The van der Waals surface area contributed by atoms with Crippen molar-refractivity contribution in [1.29, 1.82) is 0 Å². The molecule has 174 valence electrons. The first-order valence-electron chi connectivity index (χ1n) is 10.3. The molecule has 1 heterocycles. The number of fused-ring (bicyclic) bond motifs is 1. The molecule has 1 aromatic carbocycles. The van der Waals surface area contributed by atoms with Crippen molar-refractivity contribution in [1.82, 2.24) is 10.5 Å². The molecule has 0 bridgehead atoms. The minimum atomic E-state index is -1.24. The monoisotopic (exact) mass is 453 g/mol. The summed E-state index contributed by atoms with van der Waals surface area (Å²) < 4.78 is 0. The standard InChI is InChI=1S/C23H27N5O5/c1-14(22(29)30)10-20(23(31)32)27-33-12-17-6-3-15(4-7-17)2-5-16-8-9-19-18(11-16)21(24)28(25)13-26-19/h3-4,6-9,11,13,19-20,27H,1-2,5,10,12,24-25H2,(H,29,30)(H,31,32)/t19?,20-/m0/s1. The number of carboxylic acids is 2. The third-order valence-corrected chi connectivity index (χ3v) is 5.32. The number of carboxylic acid groups (broad SMARTS) is 2. The van der Waals surface area contributed by atoms with Crippen LogP contribution < -0.4 is 17.1 Å². The number of aliphatic carboxylic acids is 2. The van der Waals surface area contributed by atoms with Crippen LogP contribution in [0.1, 0.15) is 24.0 Å². The van der Waals surface area contributed by atoms with E-state index in [-0.39, 0.29) is 24.6 Å². The number of carbonyl (C=O) groups is 2. The predicted octanol–water partition coefficient (Wildman–Crippen LogP) is 1.38. The topological polar surface area (TPSA) is 164 Å². The molecule has 2 atom stereocenters. The van der Waals surface area contributed by atoms with Crippen molar-refractivity contribution in [2.45, 2.75) is 38.0 Å². The minimum absolute atomic E-state index is 0.0932. The van der Waals surface area contributed by atoms with E-state index in [1.165, 1.54) is 11.3 Å². The summed E-state index contributed by atoms with van der Waals surface area (Å²) in [5.74, 6) is 3.81. The molecule has 3 rings (SSSR count). The number of allylic oxidation sites excluding steroid dienone is 2. The summed E-state index contributed by atoms with van der Waals surface area (Å²) in [5, 5.41) is 19.4. The quantitative estimate of drug-likeness (QED) is 0.189. The number of aryl methyl sites for hydroxylation is 1. The zero-order valence-electron chi connectivity index (χ0n) is 18.0. The largest absolute Gasteiger partial charge is 0.480 e. The van der Waals surface area contributed by atoms with Gasteiger partial charge in [0.05, 0.1) is 12.6 Å². The van der Waals surface area contributed by atoms with Gasteiger partial charge in [-0.2, -0.15) is 5.48 Å². The van der Waals surface area contributed by atoms with Crippen LogP contribution in [0, 0.1) is 0 Å². The zero-order valence-corrected chi connectivity index (χ0v) is 18.0. The summed E-state index contributed by atoms with van der Waals surface area (Å²) in [6.45, 7) is 3.47. The van der Waals surface area contributed by atoms with Crippen LogP contribution in [0.4, 0.5) is 0 Å². The second-order valence-electron chi connectivity index (χ2n) is 7.76. The van der Waals surface area contributed by atoms with E-state index in [0.29, 0.717) is 5.82 Å². The van der Waals surface area contributed by atoms with E-state index in [4.69, 9.17) is 21.5 Å². The van der Waals surface area contributed by atoms with Gasteiger partial charge >= 0.3 is 11.9 Å². The lowest BCUT2D eigenvalue weighted by molar-refractivity contribution is -0.144. The normalized spacial score (nSPS) is 18.0.